The first kappa shape index (κ1) is 19.0. The van der Waals surface area contributed by atoms with E-state index < -0.39 is 0 Å². The summed E-state index contributed by atoms with van der Waals surface area (Å²) in [5, 5.41) is 0. The molecule has 0 spiro atoms. The third kappa shape index (κ3) is 4.41. The smallest absolute Gasteiger partial charge is 0.257 e. The van der Waals surface area contributed by atoms with Crippen LogP contribution in [-0.4, -0.2) is 63.9 Å². The number of aromatic nitrogens is 3. The van der Waals surface area contributed by atoms with E-state index in [1.807, 2.05) is 47.4 Å². The lowest BCUT2D eigenvalue weighted by Gasteiger charge is -2.34. The molecule has 0 atom stereocenters. The topological polar surface area (TPSA) is 71.5 Å². The van der Waals surface area contributed by atoms with Crippen molar-refractivity contribution < 1.29 is 9.53 Å². The second-order valence-corrected chi connectivity index (χ2v) is 6.88. The zero-order valence-corrected chi connectivity index (χ0v) is 16.4. The van der Waals surface area contributed by atoms with Gasteiger partial charge in [-0.15, -0.1) is 0 Å². The Labute approximate surface area is 170 Å². The van der Waals surface area contributed by atoms with Crippen molar-refractivity contribution in [3.05, 3.63) is 72.3 Å². The van der Waals surface area contributed by atoms with Crippen molar-refractivity contribution in [3.63, 3.8) is 0 Å². The number of methoxy groups -OCH3 is 1. The van der Waals surface area contributed by atoms with Gasteiger partial charge in [-0.3, -0.25) is 14.7 Å². The van der Waals surface area contributed by atoms with E-state index in [0.29, 0.717) is 30.2 Å². The average Bonchev–Trinajstić information content (AvgIpc) is 2.80. The quantitative estimate of drug-likeness (QED) is 0.668. The minimum Gasteiger partial charge on any atom is -0.496 e. The summed E-state index contributed by atoms with van der Waals surface area (Å²) in [6.07, 6.45) is 5.27. The minimum atomic E-state index is 0.0177. The van der Waals surface area contributed by atoms with Gasteiger partial charge in [0.05, 0.1) is 18.4 Å². The Hall–Kier alpha value is -3.32. The highest BCUT2D eigenvalue weighted by molar-refractivity contribution is 5.97. The third-order valence-electron chi connectivity index (χ3n) is 5.03. The van der Waals surface area contributed by atoms with Crippen LogP contribution in [0, 0.1) is 0 Å². The van der Waals surface area contributed by atoms with Crippen LogP contribution in [-0.2, 0) is 6.54 Å². The summed E-state index contributed by atoms with van der Waals surface area (Å²) in [6.45, 7) is 3.70. The number of carbonyl (C=O) groups excluding carboxylic acids is 1. The van der Waals surface area contributed by atoms with E-state index in [-0.39, 0.29) is 5.91 Å². The summed E-state index contributed by atoms with van der Waals surface area (Å²) in [4.78, 5) is 30.1. The third-order valence-corrected chi connectivity index (χ3v) is 5.03. The highest BCUT2D eigenvalue weighted by atomic mass is 16.5. The second-order valence-electron chi connectivity index (χ2n) is 6.88. The molecule has 0 saturated carbocycles. The molecule has 1 saturated heterocycles. The predicted octanol–water partition coefficient (Wildman–Crippen LogP) is 2.51. The van der Waals surface area contributed by atoms with Gasteiger partial charge >= 0.3 is 0 Å². The fourth-order valence-corrected chi connectivity index (χ4v) is 3.45. The van der Waals surface area contributed by atoms with Crippen LogP contribution in [0.5, 0.6) is 5.75 Å². The van der Waals surface area contributed by atoms with Gasteiger partial charge in [0.2, 0.25) is 0 Å². The Morgan fingerprint density at radius 2 is 1.76 bits per heavy atom. The van der Waals surface area contributed by atoms with Gasteiger partial charge in [-0.2, -0.15) is 0 Å². The molecule has 7 nitrogen and oxygen atoms in total. The Morgan fingerprint density at radius 3 is 2.52 bits per heavy atom. The van der Waals surface area contributed by atoms with Crippen LogP contribution >= 0.6 is 0 Å². The van der Waals surface area contributed by atoms with Crippen LogP contribution in [0.3, 0.4) is 0 Å². The van der Waals surface area contributed by atoms with Crippen LogP contribution in [0.1, 0.15) is 16.1 Å². The van der Waals surface area contributed by atoms with E-state index in [2.05, 4.69) is 19.9 Å². The van der Waals surface area contributed by atoms with Gasteiger partial charge in [0, 0.05) is 56.9 Å². The zero-order valence-electron chi connectivity index (χ0n) is 16.4. The number of nitrogens with zero attached hydrogens (tertiary/aromatic N) is 5. The number of hydrogen-bond donors (Lipinski definition) is 0. The van der Waals surface area contributed by atoms with Gasteiger partial charge in [0.25, 0.3) is 5.91 Å². The molecular formula is C22H23N5O2. The number of carbonyl (C=O) groups is 1. The SMILES string of the molecule is COc1ccccc1C(=O)N1CCN(Cc2ccnc(-c3ccncc3)n2)CC1. The first-order valence-electron chi connectivity index (χ1n) is 9.61. The van der Waals surface area contributed by atoms with Gasteiger partial charge in [0.1, 0.15) is 5.75 Å². The van der Waals surface area contributed by atoms with Crippen LogP contribution in [0.4, 0.5) is 0 Å². The van der Waals surface area contributed by atoms with Crippen molar-refractivity contribution >= 4 is 5.91 Å². The molecule has 1 fully saturated rings. The molecule has 1 amide bonds. The number of para-hydroxylation sites is 1. The number of hydrogen-bond acceptors (Lipinski definition) is 6. The summed E-state index contributed by atoms with van der Waals surface area (Å²) in [7, 11) is 1.59. The molecule has 3 heterocycles. The van der Waals surface area contributed by atoms with E-state index in [9.17, 15) is 4.79 Å². The molecule has 3 aromatic rings. The van der Waals surface area contributed by atoms with E-state index in [0.717, 1.165) is 30.9 Å². The fraction of sp³-hybridized carbons (Fsp3) is 0.273. The van der Waals surface area contributed by atoms with Gasteiger partial charge in [-0.1, -0.05) is 12.1 Å². The Balaban J connectivity index is 1.38. The Morgan fingerprint density at radius 1 is 1.00 bits per heavy atom. The number of rotatable bonds is 5. The summed E-state index contributed by atoms with van der Waals surface area (Å²) < 4.78 is 5.33. The van der Waals surface area contributed by atoms with Crippen molar-refractivity contribution in [2.45, 2.75) is 6.54 Å². The van der Waals surface area contributed by atoms with E-state index in [1.54, 1.807) is 25.7 Å². The van der Waals surface area contributed by atoms with Crippen molar-refractivity contribution in [2.24, 2.45) is 0 Å². The molecule has 1 aliphatic rings. The molecule has 29 heavy (non-hydrogen) atoms. The average molecular weight is 389 g/mol. The van der Waals surface area contributed by atoms with E-state index in [4.69, 9.17) is 4.74 Å². The van der Waals surface area contributed by atoms with Crippen molar-refractivity contribution in [1.29, 1.82) is 0 Å². The molecule has 0 bridgehead atoms. The predicted molar refractivity (Wildman–Crippen MR) is 109 cm³/mol. The van der Waals surface area contributed by atoms with Crippen LogP contribution in [0.2, 0.25) is 0 Å². The van der Waals surface area contributed by atoms with Crippen LogP contribution < -0.4 is 4.74 Å². The summed E-state index contributed by atoms with van der Waals surface area (Å²) in [5.74, 6) is 1.34. The molecule has 0 aliphatic carbocycles. The monoisotopic (exact) mass is 389 g/mol. The molecule has 4 rings (SSSR count). The van der Waals surface area contributed by atoms with E-state index >= 15 is 0 Å². The van der Waals surface area contributed by atoms with Crippen molar-refractivity contribution in [2.75, 3.05) is 33.3 Å². The van der Waals surface area contributed by atoms with Crippen LogP contribution in [0.15, 0.2) is 61.1 Å². The number of pyridine rings is 1. The number of piperazine rings is 1. The molecule has 1 aliphatic heterocycles. The standard InChI is InChI=1S/C22H23N5O2/c1-29-20-5-3-2-4-19(20)22(28)27-14-12-26(13-15-27)16-18-8-11-24-21(25-18)17-6-9-23-10-7-17/h2-11H,12-16H2,1H3. The second kappa shape index (κ2) is 8.79. The van der Waals surface area contributed by atoms with Gasteiger partial charge in [-0.05, 0) is 30.3 Å². The maximum atomic E-state index is 12.8. The Bertz CT molecular complexity index is 972. The lowest BCUT2D eigenvalue weighted by Crippen LogP contribution is -2.48. The number of amides is 1. The van der Waals surface area contributed by atoms with E-state index in [1.165, 1.54) is 0 Å². The molecule has 7 heteroatoms. The lowest BCUT2D eigenvalue weighted by molar-refractivity contribution is 0.0624. The maximum absolute atomic E-state index is 12.8. The molecule has 1 aromatic carbocycles. The van der Waals surface area contributed by atoms with Crippen molar-refractivity contribution in [1.82, 2.24) is 24.8 Å². The first-order valence-corrected chi connectivity index (χ1v) is 9.61. The molecule has 0 unspecified atom stereocenters. The number of benzene rings is 1. The zero-order chi connectivity index (χ0) is 20.1. The fourth-order valence-electron chi connectivity index (χ4n) is 3.45. The largest absolute Gasteiger partial charge is 0.496 e. The lowest BCUT2D eigenvalue weighted by atomic mass is 10.1. The van der Waals surface area contributed by atoms with Gasteiger partial charge < -0.3 is 9.64 Å². The van der Waals surface area contributed by atoms with Gasteiger partial charge in [-0.25, -0.2) is 9.97 Å². The summed E-state index contributed by atoms with van der Waals surface area (Å²) in [5.41, 5.74) is 2.53. The summed E-state index contributed by atoms with van der Waals surface area (Å²) >= 11 is 0. The number of ether oxygens (including phenoxy) is 1. The Kier molecular flexibility index (Phi) is 5.76. The normalized spacial score (nSPS) is 14.6. The maximum Gasteiger partial charge on any atom is 0.257 e. The highest BCUT2D eigenvalue weighted by Gasteiger charge is 2.24. The molecule has 148 valence electrons. The van der Waals surface area contributed by atoms with Gasteiger partial charge in [0.15, 0.2) is 5.82 Å². The summed E-state index contributed by atoms with van der Waals surface area (Å²) in [6, 6.07) is 13.1. The van der Waals surface area contributed by atoms with Crippen LogP contribution in [0.25, 0.3) is 11.4 Å². The van der Waals surface area contributed by atoms with Crippen molar-refractivity contribution in [3.8, 4) is 17.1 Å². The molecule has 2 aromatic heterocycles. The molecule has 0 N–H and O–H groups in total. The first-order chi connectivity index (χ1) is 14.2. The molecular weight excluding hydrogens is 366 g/mol. The minimum absolute atomic E-state index is 0.0177. The highest BCUT2D eigenvalue weighted by Crippen LogP contribution is 2.20. The molecule has 0 radical (unpaired) electrons.